The Labute approximate surface area is 129 Å². The van der Waals surface area contributed by atoms with Crippen LogP contribution in [0.4, 0.5) is 5.69 Å². The summed E-state index contributed by atoms with van der Waals surface area (Å²) in [5.41, 5.74) is 1.63. The zero-order valence-electron chi connectivity index (χ0n) is 12.1. The maximum absolute atomic E-state index is 12.1. The van der Waals surface area contributed by atoms with Crippen LogP contribution in [0.3, 0.4) is 0 Å². The molecule has 0 saturated heterocycles. The monoisotopic (exact) mass is 295 g/mol. The van der Waals surface area contributed by atoms with Crippen molar-refractivity contribution in [3.05, 3.63) is 60.2 Å². The summed E-state index contributed by atoms with van der Waals surface area (Å²) >= 11 is 0. The van der Waals surface area contributed by atoms with E-state index in [9.17, 15) is 4.79 Å². The third kappa shape index (κ3) is 3.44. The normalized spacial score (nSPS) is 13.2. The second kappa shape index (κ2) is 6.76. The van der Waals surface area contributed by atoms with Crippen LogP contribution >= 0.6 is 0 Å². The maximum Gasteiger partial charge on any atom is 0.262 e. The number of hydrogen-bond donors (Lipinski definition) is 2. The molecule has 1 heterocycles. The van der Waals surface area contributed by atoms with Crippen LogP contribution in [-0.2, 0) is 4.79 Å². The van der Waals surface area contributed by atoms with Gasteiger partial charge in [0, 0.05) is 12.1 Å². The van der Waals surface area contributed by atoms with Crippen molar-refractivity contribution in [1.29, 1.82) is 0 Å². The molecule has 1 aliphatic heterocycles. The minimum atomic E-state index is -0.199. The number of amidine groups is 1. The summed E-state index contributed by atoms with van der Waals surface area (Å²) in [6.07, 6.45) is 0. The second-order valence-corrected chi connectivity index (χ2v) is 4.85. The smallest absolute Gasteiger partial charge is 0.262 e. The summed E-state index contributed by atoms with van der Waals surface area (Å²) in [6.45, 7) is 1.56. The first-order chi connectivity index (χ1) is 10.8. The average Bonchev–Trinajstić information content (AvgIpc) is 3.09. The fourth-order valence-corrected chi connectivity index (χ4v) is 2.23. The minimum absolute atomic E-state index is 0.0295. The van der Waals surface area contributed by atoms with Gasteiger partial charge < -0.3 is 15.4 Å². The first-order valence-corrected chi connectivity index (χ1v) is 7.18. The standard InChI is InChI=1S/C17H17N3O2/c21-16(12-22-13-6-2-1-3-7-13)20-15-9-5-4-8-14(15)17-18-10-11-19-17/h1-9H,10-12H2,(H,18,19)(H,20,21). The van der Waals surface area contributed by atoms with E-state index in [2.05, 4.69) is 15.6 Å². The Bertz CT molecular complexity index is 683. The van der Waals surface area contributed by atoms with Gasteiger partial charge in [0.25, 0.3) is 5.91 Å². The number of anilines is 1. The Morgan fingerprint density at radius 3 is 2.68 bits per heavy atom. The lowest BCUT2D eigenvalue weighted by molar-refractivity contribution is -0.118. The number of benzene rings is 2. The fourth-order valence-electron chi connectivity index (χ4n) is 2.23. The molecule has 0 aliphatic carbocycles. The maximum atomic E-state index is 12.1. The molecule has 112 valence electrons. The van der Waals surface area contributed by atoms with Crippen LogP contribution in [0.1, 0.15) is 5.56 Å². The zero-order valence-corrected chi connectivity index (χ0v) is 12.1. The first kappa shape index (κ1) is 14.1. The molecule has 2 aromatic carbocycles. The third-order valence-corrected chi connectivity index (χ3v) is 3.24. The molecule has 0 spiro atoms. The highest BCUT2D eigenvalue weighted by Crippen LogP contribution is 2.17. The van der Waals surface area contributed by atoms with Gasteiger partial charge in [-0.25, -0.2) is 0 Å². The van der Waals surface area contributed by atoms with Crippen molar-refractivity contribution in [1.82, 2.24) is 5.32 Å². The summed E-state index contributed by atoms with van der Waals surface area (Å²) in [5.74, 6) is 1.29. The third-order valence-electron chi connectivity index (χ3n) is 3.24. The van der Waals surface area contributed by atoms with Gasteiger partial charge in [-0.3, -0.25) is 9.79 Å². The lowest BCUT2D eigenvalue weighted by Gasteiger charge is -2.12. The van der Waals surface area contributed by atoms with Crippen LogP contribution in [-0.4, -0.2) is 31.4 Å². The lowest BCUT2D eigenvalue weighted by Crippen LogP contribution is -2.24. The van der Waals surface area contributed by atoms with E-state index in [0.717, 1.165) is 30.2 Å². The molecule has 1 aliphatic rings. The fraction of sp³-hybridized carbons (Fsp3) is 0.176. The molecule has 0 atom stereocenters. The van der Waals surface area contributed by atoms with Crippen LogP contribution < -0.4 is 15.4 Å². The Kier molecular flexibility index (Phi) is 4.34. The molecule has 22 heavy (non-hydrogen) atoms. The van der Waals surface area contributed by atoms with Crippen LogP contribution in [0, 0.1) is 0 Å². The van der Waals surface area contributed by atoms with E-state index in [1.807, 2.05) is 54.6 Å². The van der Waals surface area contributed by atoms with Crippen molar-refractivity contribution in [3.63, 3.8) is 0 Å². The van der Waals surface area contributed by atoms with E-state index < -0.39 is 0 Å². The number of nitrogens with zero attached hydrogens (tertiary/aromatic N) is 1. The zero-order chi connectivity index (χ0) is 15.2. The van der Waals surface area contributed by atoms with Crippen molar-refractivity contribution < 1.29 is 9.53 Å². The van der Waals surface area contributed by atoms with Gasteiger partial charge in [-0.15, -0.1) is 0 Å². The van der Waals surface area contributed by atoms with Crippen LogP contribution in [0.5, 0.6) is 5.75 Å². The predicted molar refractivity (Wildman–Crippen MR) is 86.4 cm³/mol. The SMILES string of the molecule is O=C(COc1ccccc1)Nc1ccccc1C1=NCCN1. The molecule has 0 fully saturated rings. The summed E-state index contributed by atoms with van der Waals surface area (Å²) in [7, 11) is 0. The number of carbonyl (C=O) groups excluding carboxylic acids is 1. The second-order valence-electron chi connectivity index (χ2n) is 4.85. The number of hydrogen-bond acceptors (Lipinski definition) is 4. The number of rotatable bonds is 5. The average molecular weight is 295 g/mol. The highest BCUT2D eigenvalue weighted by Gasteiger charge is 2.14. The molecule has 5 nitrogen and oxygen atoms in total. The lowest BCUT2D eigenvalue weighted by atomic mass is 10.1. The summed E-state index contributed by atoms with van der Waals surface area (Å²) < 4.78 is 5.45. The van der Waals surface area contributed by atoms with E-state index in [1.54, 1.807) is 0 Å². The van der Waals surface area contributed by atoms with Gasteiger partial charge in [0.1, 0.15) is 11.6 Å². The quantitative estimate of drug-likeness (QED) is 0.887. The van der Waals surface area contributed by atoms with Gasteiger partial charge in [-0.2, -0.15) is 0 Å². The van der Waals surface area contributed by atoms with Crippen LogP contribution in [0.25, 0.3) is 0 Å². The summed E-state index contributed by atoms with van der Waals surface area (Å²) in [5, 5.41) is 6.08. The Morgan fingerprint density at radius 1 is 1.14 bits per heavy atom. The van der Waals surface area contributed by atoms with Crippen LogP contribution in [0.15, 0.2) is 59.6 Å². The molecular weight excluding hydrogens is 278 g/mol. The summed E-state index contributed by atoms with van der Waals surface area (Å²) in [6, 6.07) is 16.9. The minimum Gasteiger partial charge on any atom is -0.484 e. The van der Waals surface area contributed by atoms with Gasteiger partial charge in [-0.05, 0) is 24.3 Å². The number of ether oxygens (including phenoxy) is 1. The van der Waals surface area contributed by atoms with Crippen molar-refractivity contribution in [2.24, 2.45) is 4.99 Å². The van der Waals surface area contributed by atoms with Gasteiger partial charge in [-0.1, -0.05) is 30.3 Å². The summed E-state index contributed by atoms with van der Waals surface area (Å²) in [4.78, 5) is 16.4. The largest absolute Gasteiger partial charge is 0.484 e. The molecule has 1 amide bonds. The molecule has 2 N–H and O–H groups in total. The van der Waals surface area contributed by atoms with Crippen molar-refractivity contribution in [2.45, 2.75) is 0 Å². The van der Waals surface area contributed by atoms with E-state index in [-0.39, 0.29) is 12.5 Å². The number of nitrogens with one attached hydrogen (secondary N) is 2. The van der Waals surface area contributed by atoms with Gasteiger partial charge in [0.15, 0.2) is 6.61 Å². The van der Waals surface area contributed by atoms with E-state index in [0.29, 0.717) is 5.75 Å². The highest BCUT2D eigenvalue weighted by atomic mass is 16.5. The number of aliphatic imine (C=N–C) groups is 1. The van der Waals surface area contributed by atoms with E-state index in [4.69, 9.17) is 4.74 Å². The molecule has 3 rings (SSSR count). The Morgan fingerprint density at radius 2 is 1.91 bits per heavy atom. The van der Waals surface area contributed by atoms with Crippen LogP contribution in [0.2, 0.25) is 0 Å². The number of para-hydroxylation sites is 2. The molecule has 2 aromatic rings. The Hall–Kier alpha value is -2.82. The molecule has 0 aromatic heterocycles. The molecular formula is C17H17N3O2. The van der Waals surface area contributed by atoms with Crippen molar-refractivity contribution in [3.8, 4) is 5.75 Å². The van der Waals surface area contributed by atoms with Gasteiger partial charge in [0.05, 0.1) is 12.2 Å². The molecule has 0 bridgehead atoms. The van der Waals surface area contributed by atoms with Crippen molar-refractivity contribution >= 4 is 17.4 Å². The van der Waals surface area contributed by atoms with Crippen molar-refractivity contribution in [2.75, 3.05) is 25.0 Å². The van der Waals surface area contributed by atoms with Gasteiger partial charge in [0.2, 0.25) is 0 Å². The van der Waals surface area contributed by atoms with E-state index >= 15 is 0 Å². The molecule has 0 saturated carbocycles. The number of carbonyl (C=O) groups is 1. The van der Waals surface area contributed by atoms with E-state index in [1.165, 1.54) is 0 Å². The number of amides is 1. The molecule has 0 radical (unpaired) electrons. The highest BCUT2D eigenvalue weighted by molar-refractivity contribution is 6.07. The molecule has 5 heteroatoms. The first-order valence-electron chi connectivity index (χ1n) is 7.18. The topological polar surface area (TPSA) is 62.7 Å². The molecule has 0 unspecified atom stereocenters. The predicted octanol–water partition coefficient (Wildman–Crippen LogP) is 2.05. The Balaban J connectivity index is 1.64. The van der Waals surface area contributed by atoms with Gasteiger partial charge >= 0.3 is 0 Å².